The molecule has 3 heteroatoms. The minimum absolute atomic E-state index is 0.243. The zero-order valence-electron chi connectivity index (χ0n) is 8.80. The lowest BCUT2D eigenvalue weighted by atomic mass is 10.0. The van der Waals surface area contributed by atoms with Crippen LogP contribution >= 0.6 is 11.6 Å². The van der Waals surface area contributed by atoms with Crippen LogP contribution < -0.4 is 5.73 Å². The molecule has 0 saturated carbocycles. The highest BCUT2D eigenvalue weighted by Gasteiger charge is 2.07. The van der Waals surface area contributed by atoms with E-state index in [2.05, 4.69) is 0 Å². The molecule has 0 bridgehead atoms. The molecule has 2 N–H and O–H groups in total. The third-order valence-corrected chi connectivity index (χ3v) is 2.78. The molecule has 2 aromatic carbocycles. The number of halogens is 2. The minimum atomic E-state index is -0.243. The summed E-state index contributed by atoms with van der Waals surface area (Å²) in [5.41, 5.74) is 8.89. The van der Waals surface area contributed by atoms with Crippen LogP contribution in [0.4, 0.5) is 10.1 Å². The number of hydrogen-bond acceptors (Lipinski definition) is 1. The maximum absolute atomic E-state index is 13.0. The van der Waals surface area contributed by atoms with Gasteiger partial charge in [-0.3, -0.25) is 0 Å². The average Bonchev–Trinajstić information content (AvgIpc) is 2.19. The Labute approximate surface area is 98.7 Å². The van der Waals surface area contributed by atoms with Gasteiger partial charge in [0.1, 0.15) is 5.82 Å². The van der Waals surface area contributed by atoms with Crippen molar-refractivity contribution in [2.75, 3.05) is 5.73 Å². The van der Waals surface area contributed by atoms with E-state index in [-0.39, 0.29) is 5.82 Å². The summed E-state index contributed by atoms with van der Waals surface area (Å²) >= 11 is 6.10. The van der Waals surface area contributed by atoms with Gasteiger partial charge in [0.25, 0.3) is 0 Å². The van der Waals surface area contributed by atoms with E-state index in [4.69, 9.17) is 17.3 Å². The van der Waals surface area contributed by atoms with Gasteiger partial charge in [-0.15, -0.1) is 0 Å². The van der Waals surface area contributed by atoms with Gasteiger partial charge < -0.3 is 5.73 Å². The Morgan fingerprint density at radius 1 is 1.06 bits per heavy atom. The van der Waals surface area contributed by atoms with Gasteiger partial charge in [0.15, 0.2) is 0 Å². The monoisotopic (exact) mass is 235 g/mol. The minimum Gasteiger partial charge on any atom is -0.399 e. The van der Waals surface area contributed by atoms with Crippen molar-refractivity contribution in [2.45, 2.75) is 6.92 Å². The maximum Gasteiger partial charge on any atom is 0.123 e. The maximum atomic E-state index is 13.0. The van der Waals surface area contributed by atoms with E-state index in [1.54, 1.807) is 18.2 Å². The highest BCUT2D eigenvalue weighted by atomic mass is 35.5. The second kappa shape index (κ2) is 4.14. The van der Waals surface area contributed by atoms with E-state index in [9.17, 15) is 4.39 Å². The standard InChI is InChI=1S/C13H11ClFN/c1-8-6-9(15)2-4-11(8)12-5-3-10(16)7-13(12)14/h2-7H,16H2,1H3. The van der Waals surface area contributed by atoms with Crippen molar-refractivity contribution in [3.05, 3.63) is 52.8 Å². The lowest BCUT2D eigenvalue weighted by Crippen LogP contribution is -1.89. The lowest BCUT2D eigenvalue weighted by molar-refractivity contribution is 0.627. The molecule has 0 unspecified atom stereocenters. The summed E-state index contributed by atoms with van der Waals surface area (Å²) in [5.74, 6) is -0.243. The van der Waals surface area contributed by atoms with Crippen LogP contribution in [0.2, 0.25) is 5.02 Å². The molecule has 0 aromatic heterocycles. The van der Waals surface area contributed by atoms with Crippen LogP contribution in [-0.4, -0.2) is 0 Å². The molecular weight excluding hydrogens is 225 g/mol. The Kier molecular flexibility index (Phi) is 2.84. The van der Waals surface area contributed by atoms with Crippen molar-refractivity contribution in [3.8, 4) is 11.1 Å². The van der Waals surface area contributed by atoms with Gasteiger partial charge in [0, 0.05) is 11.3 Å². The number of benzene rings is 2. The van der Waals surface area contributed by atoms with Crippen molar-refractivity contribution < 1.29 is 4.39 Å². The SMILES string of the molecule is Cc1cc(F)ccc1-c1ccc(N)cc1Cl. The number of rotatable bonds is 1. The Bertz CT molecular complexity index is 488. The van der Waals surface area contributed by atoms with E-state index < -0.39 is 0 Å². The molecule has 0 radical (unpaired) electrons. The smallest absolute Gasteiger partial charge is 0.123 e. The molecule has 0 aliphatic carbocycles. The largest absolute Gasteiger partial charge is 0.399 e. The van der Waals surface area contributed by atoms with E-state index in [1.165, 1.54) is 12.1 Å². The Hall–Kier alpha value is -1.54. The summed E-state index contributed by atoms with van der Waals surface area (Å²) in [6, 6.07) is 9.96. The first kappa shape index (κ1) is 11.0. The molecule has 0 saturated heterocycles. The van der Waals surface area contributed by atoms with Crippen molar-refractivity contribution in [1.29, 1.82) is 0 Å². The van der Waals surface area contributed by atoms with Gasteiger partial charge in [-0.05, 0) is 42.3 Å². The topological polar surface area (TPSA) is 26.0 Å². The predicted molar refractivity (Wildman–Crippen MR) is 66.0 cm³/mol. The van der Waals surface area contributed by atoms with E-state index in [0.717, 1.165) is 16.7 Å². The van der Waals surface area contributed by atoms with Crippen molar-refractivity contribution >= 4 is 17.3 Å². The van der Waals surface area contributed by atoms with Gasteiger partial charge in [0.2, 0.25) is 0 Å². The molecular formula is C13H11ClFN. The van der Waals surface area contributed by atoms with Gasteiger partial charge in [-0.1, -0.05) is 23.7 Å². The molecule has 0 aliphatic rings. The first-order valence-corrected chi connectivity index (χ1v) is 5.27. The molecule has 1 nitrogen and oxygen atoms in total. The molecule has 0 aliphatic heterocycles. The third kappa shape index (κ3) is 2.02. The molecule has 16 heavy (non-hydrogen) atoms. The van der Waals surface area contributed by atoms with Crippen LogP contribution in [0.1, 0.15) is 5.56 Å². The van der Waals surface area contributed by atoms with Gasteiger partial charge in [-0.25, -0.2) is 4.39 Å². The zero-order chi connectivity index (χ0) is 11.7. The summed E-state index contributed by atoms with van der Waals surface area (Å²) in [5, 5.41) is 0.578. The van der Waals surface area contributed by atoms with Crippen LogP contribution in [0.15, 0.2) is 36.4 Å². The van der Waals surface area contributed by atoms with Gasteiger partial charge in [-0.2, -0.15) is 0 Å². The Balaban J connectivity index is 2.59. The lowest BCUT2D eigenvalue weighted by Gasteiger charge is -2.08. The van der Waals surface area contributed by atoms with Crippen LogP contribution in [0.25, 0.3) is 11.1 Å². The number of nitrogen functional groups attached to an aromatic ring is 1. The number of aryl methyl sites for hydroxylation is 1. The van der Waals surface area contributed by atoms with E-state index in [1.807, 2.05) is 13.0 Å². The van der Waals surface area contributed by atoms with Crippen LogP contribution in [0.5, 0.6) is 0 Å². The summed E-state index contributed by atoms with van der Waals surface area (Å²) < 4.78 is 13.0. The molecule has 0 heterocycles. The first-order chi connectivity index (χ1) is 7.58. The van der Waals surface area contributed by atoms with Crippen LogP contribution in [-0.2, 0) is 0 Å². The number of anilines is 1. The number of hydrogen-bond donors (Lipinski definition) is 1. The van der Waals surface area contributed by atoms with Crippen LogP contribution in [0.3, 0.4) is 0 Å². The fraction of sp³-hybridized carbons (Fsp3) is 0.0769. The summed E-state index contributed by atoms with van der Waals surface area (Å²) in [7, 11) is 0. The zero-order valence-corrected chi connectivity index (χ0v) is 9.55. The quantitative estimate of drug-likeness (QED) is 0.742. The molecule has 0 amide bonds. The Morgan fingerprint density at radius 2 is 1.75 bits per heavy atom. The Morgan fingerprint density at radius 3 is 2.38 bits per heavy atom. The summed E-state index contributed by atoms with van der Waals surface area (Å²) in [6.07, 6.45) is 0. The molecule has 0 fully saturated rings. The highest BCUT2D eigenvalue weighted by Crippen LogP contribution is 2.31. The second-order valence-corrected chi connectivity index (χ2v) is 4.11. The molecule has 82 valence electrons. The first-order valence-electron chi connectivity index (χ1n) is 4.89. The average molecular weight is 236 g/mol. The summed E-state index contributed by atoms with van der Waals surface area (Å²) in [4.78, 5) is 0. The summed E-state index contributed by atoms with van der Waals surface area (Å²) in [6.45, 7) is 1.85. The molecule has 0 spiro atoms. The fourth-order valence-corrected chi connectivity index (χ4v) is 1.97. The van der Waals surface area contributed by atoms with E-state index >= 15 is 0 Å². The van der Waals surface area contributed by atoms with Crippen molar-refractivity contribution in [3.63, 3.8) is 0 Å². The third-order valence-electron chi connectivity index (χ3n) is 2.47. The van der Waals surface area contributed by atoms with Crippen molar-refractivity contribution in [1.82, 2.24) is 0 Å². The highest BCUT2D eigenvalue weighted by molar-refractivity contribution is 6.33. The predicted octanol–water partition coefficient (Wildman–Crippen LogP) is 4.04. The molecule has 0 atom stereocenters. The van der Waals surface area contributed by atoms with Gasteiger partial charge >= 0.3 is 0 Å². The van der Waals surface area contributed by atoms with Gasteiger partial charge in [0.05, 0.1) is 5.02 Å². The van der Waals surface area contributed by atoms with Crippen LogP contribution in [0, 0.1) is 12.7 Å². The number of nitrogens with two attached hydrogens (primary N) is 1. The van der Waals surface area contributed by atoms with Crippen molar-refractivity contribution in [2.24, 2.45) is 0 Å². The normalized spacial score (nSPS) is 10.4. The molecule has 2 rings (SSSR count). The molecule has 2 aromatic rings. The van der Waals surface area contributed by atoms with E-state index in [0.29, 0.717) is 10.7 Å². The second-order valence-electron chi connectivity index (χ2n) is 3.70. The fourth-order valence-electron chi connectivity index (χ4n) is 1.68.